The molecule has 3 aromatic rings. The molecule has 0 amide bonds. The van der Waals surface area contributed by atoms with Crippen LogP contribution in [0.1, 0.15) is 250 Å². The molecule has 3 nitrogen and oxygen atoms in total. The zero-order valence-corrected chi connectivity index (χ0v) is 46.2. The maximum Gasteiger partial charge on any atom is 3.00 e. The monoisotopic (exact) mass is 853 g/mol. The summed E-state index contributed by atoms with van der Waals surface area (Å²) in [6.07, 6.45) is 5.61. The van der Waals surface area contributed by atoms with E-state index in [1.165, 1.54) is 50.1 Å². The fourth-order valence-electron chi connectivity index (χ4n) is 10.3. The van der Waals surface area contributed by atoms with Crippen LogP contribution < -0.4 is 15.3 Å². The van der Waals surface area contributed by atoms with Crippen molar-refractivity contribution in [3.63, 3.8) is 0 Å². The van der Waals surface area contributed by atoms with Crippen LogP contribution in [0.4, 0.5) is 0 Å². The van der Waals surface area contributed by atoms with Gasteiger partial charge in [0.25, 0.3) is 0 Å². The molecule has 0 unspecified atom stereocenters. The van der Waals surface area contributed by atoms with Crippen molar-refractivity contribution < 1.29 is 15.3 Å². The van der Waals surface area contributed by atoms with Crippen molar-refractivity contribution >= 4 is 17.4 Å². The molecule has 4 heteroatoms. The molecule has 0 heterocycles. The quantitative estimate of drug-likeness (QED) is 0.232. The molecule has 0 fully saturated rings. The number of benzene rings is 3. The van der Waals surface area contributed by atoms with Crippen LogP contribution in [0.3, 0.4) is 0 Å². The summed E-state index contributed by atoms with van der Waals surface area (Å²) in [4.78, 5) is 0. The second kappa shape index (κ2) is 21.1. The Bertz CT molecular complexity index is 1590. The van der Waals surface area contributed by atoms with E-state index in [1.807, 2.05) is 0 Å². The molecule has 0 spiro atoms. The fraction of sp³-hybridized carbons (Fsp3) is 0.684. The van der Waals surface area contributed by atoms with Gasteiger partial charge in [0.15, 0.2) is 0 Å². The summed E-state index contributed by atoms with van der Waals surface area (Å²) < 4.78 is 0. The topological polar surface area (TPSA) is 69.2 Å². The molecule has 342 valence electrons. The first-order valence-corrected chi connectivity index (χ1v) is 23.5. The van der Waals surface area contributed by atoms with Crippen LogP contribution in [0.2, 0.25) is 0 Å². The van der Waals surface area contributed by atoms with E-state index < -0.39 is 0 Å². The zero-order chi connectivity index (χ0) is 47.6. The van der Waals surface area contributed by atoms with E-state index in [4.69, 9.17) is 0 Å². The minimum absolute atomic E-state index is 0. The molecule has 0 aliphatic rings. The Labute approximate surface area is 389 Å². The smallest absolute Gasteiger partial charge is 0.872 e. The van der Waals surface area contributed by atoms with Crippen molar-refractivity contribution in [3.05, 3.63) is 83.5 Å². The Kier molecular flexibility index (Phi) is 20.2. The van der Waals surface area contributed by atoms with Crippen LogP contribution in [0.5, 0.6) is 17.2 Å². The molecule has 61 heavy (non-hydrogen) atoms. The van der Waals surface area contributed by atoms with Crippen molar-refractivity contribution in [1.29, 1.82) is 0 Å². The van der Waals surface area contributed by atoms with Gasteiger partial charge < -0.3 is 15.3 Å². The standard InChI is InChI=1S/3C19H32O.Al/c3*1-10-13-12(3)14(11-2)16(19(7,8)9)17(20)15(13)18(4,5)6;/h3*20H,10-11H2,1-9H3;/q;;;+3/p-3. The van der Waals surface area contributed by atoms with Gasteiger partial charge in [-0.2, -0.15) is 0 Å². The predicted octanol–water partition coefficient (Wildman–Crippen LogP) is 14.0. The summed E-state index contributed by atoms with van der Waals surface area (Å²) in [5, 5.41) is 39.5. The van der Waals surface area contributed by atoms with E-state index in [0.29, 0.717) is 0 Å². The minimum atomic E-state index is -0.0978. The molecule has 0 radical (unpaired) electrons. The van der Waals surface area contributed by atoms with Gasteiger partial charge in [0.05, 0.1) is 0 Å². The predicted molar refractivity (Wildman–Crippen MR) is 266 cm³/mol. The van der Waals surface area contributed by atoms with Gasteiger partial charge in [-0.05, 0) is 175 Å². The van der Waals surface area contributed by atoms with E-state index in [0.717, 1.165) is 71.9 Å². The Morgan fingerprint density at radius 2 is 0.361 bits per heavy atom. The molecule has 0 aliphatic heterocycles. The molecule has 0 saturated carbocycles. The van der Waals surface area contributed by atoms with E-state index in [2.05, 4.69) is 187 Å². The molecular formula is C57H93AlO3. The molecule has 0 bridgehead atoms. The van der Waals surface area contributed by atoms with E-state index >= 15 is 0 Å². The fourth-order valence-corrected chi connectivity index (χ4v) is 10.3. The Morgan fingerprint density at radius 1 is 0.262 bits per heavy atom. The summed E-state index contributed by atoms with van der Waals surface area (Å²) in [5.41, 5.74) is 17.2. The third-order valence-electron chi connectivity index (χ3n) is 12.5. The van der Waals surface area contributed by atoms with E-state index in [1.54, 1.807) is 0 Å². The minimum Gasteiger partial charge on any atom is -0.872 e. The molecule has 0 aliphatic carbocycles. The van der Waals surface area contributed by atoms with Crippen LogP contribution >= 0.6 is 0 Å². The molecular weight excluding hydrogens is 760 g/mol. The van der Waals surface area contributed by atoms with Crippen molar-refractivity contribution in [2.75, 3.05) is 0 Å². The Morgan fingerprint density at radius 3 is 0.426 bits per heavy atom. The van der Waals surface area contributed by atoms with Crippen molar-refractivity contribution in [3.8, 4) is 17.2 Å². The molecule has 3 rings (SSSR count). The van der Waals surface area contributed by atoms with Gasteiger partial charge in [0, 0.05) is 0 Å². The Hall–Kier alpha value is -2.41. The van der Waals surface area contributed by atoms with Crippen LogP contribution in [0, 0.1) is 20.8 Å². The van der Waals surface area contributed by atoms with Gasteiger partial charge in [-0.25, -0.2) is 0 Å². The van der Waals surface area contributed by atoms with E-state index in [9.17, 15) is 15.3 Å². The van der Waals surface area contributed by atoms with Crippen LogP contribution in [0.15, 0.2) is 0 Å². The summed E-state index contributed by atoms with van der Waals surface area (Å²) in [5.74, 6) is 0.845. The van der Waals surface area contributed by atoms with Gasteiger partial charge in [-0.15, -0.1) is 17.2 Å². The molecule has 3 aromatic carbocycles. The Balaban J connectivity index is 0.000000878. The average Bonchev–Trinajstić information content (AvgIpc) is 3.06. The van der Waals surface area contributed by atoms with Crippen LogP contribution in [0.25, 0.3) is 0 Å². The van der Waals surface area contributed by atoms with Gasteiger partial charge in [0.1, 0.15) is 0 Å². The first-order chi connectivity index (χ1) is 26.9. The van der Waals surface area contributed by atoms with Crippen molar-refractivity contribution in [2.24, 2.45) is 0 Å². The normalized spacial score (nSPS) is 12.6. The first-order valence-electron chi connectivity index (χ1n) is 23.5. The molecule has 0 atom stereocenters. The summed E-state index contributed by atoms with van der Waals surface area (Å²) in [6, 6.07) is 0. The third kappa shape index (κ3) is 12.9. The summed E-state index contributed by atoms with van der Waals surface area (Å²) >= 11 is 0. The third-order valence-corrected chi connectivity index (χ3v) is 12.5. The second-order valence-corrected chi connectivity index (χ2v) is 23.6. The largest absolute Gasteiger partial charge is 3.00 e. The van der Waals surface area contributed by atoms with Crippen molar-refractivity contribution in [1.82, 2.24) is 0 Å². The number of hydrogen-bond donors (Lipinski definition) is 0. The number of rotatable bonds is 6. The summed E-state index contributed by atoms with van der Waals surface area (Å²) in [7, 11) is 0. The van der Waals surface area contributed by atoms with Crippen molar-refractivity contribution in [2.45, 2.75) is 258 Å². The van der Waals surface area contributed by atoms with Crippen LogP contribution in [-0.2, 0) is 71.0 Å². The zero-order valence-electron chi connectivity index (χ0n) is 45.0. The van der Waals surface area contributed by atoms with Gasteiger partial charge in [0.2, 0.25) is 0 Å². The summed E-state index contributed by atoms with van der Waals surface area (Å²) in [6.45, 7) is 58.3. The van der Waals surface area contributed by atoms with Gasteiger partial charge in [-0.3, -0.25) is 0 Å². The maximum absolute atomic E-state index is 13.2. The maximum atomic E-state index is 13.2. The van der Waals surface area contributed by atoms with E-state index in [-0.39, 0.29) is 67.1 Å². The molecule has 0 aromatic heterocycles. The van der Waals surface area contributed by atoms with Crippen LogP contribution in [-0.4, -0.2) is 17.4 Å². The first kappa shape index (κ1) is 58.6. The SMILES string of the molecule is CCc1c(C)c(CC)c(C(C)(C)C)c([O-])c1C(C)(C)C.CCc1c(C)c(CC)c(C(C)(C)C)c([O-])c1C(C)(C)C.CCc1c(C)c(CC)c(C(C)(C)C)c([O-])c1C(C)(C)C.[Al+3]. The van der Waals surface area contributed by atoms with Gasteiger partial charge >= 0.3 is 17.4 Å². The van der Waals surface area contributed by atoms with Gasteiger partial charge in [-0.1, -0.05) is 166 Å². The second-order valence-electron chi connectivity index (χ2n) is 23.6. The molecule has 0 N–H and O–H groups in total. The molecule has 0 saturated heterocycles. The number of hydrogen-bond acceptors (Lipinski definition) is 3. The average molecular weight is 853 g/mol.